The average molecular weight is 339 g/mol. The summed E-state index contributed by atoms with van der Waals surface area (Å²) in [5, 5.41) is 9.79. The van der Waals surface area contributed by atoms with Crippen LogP contribution in [0.3, 0.4) is 0 Å². The third kappa shape index (κ3) is 4.86. The minimum absolute atomic E-state index is 0.00218. The van der Waals surface area contributed by atoms with Gasteiger partial charge in [0.15, 0.2) is 0 Å². The number of hydrogen-bond donors (Lipinski definition) is 1. The molecule has 102 valence electrons. The number of rotatable bonds is 6. The van der Waals surface area contributed by atoms with E-state index < -0.39 is 17.7 Å². The van der Waals surface area contributed by atoms with Gasteiger partial charge in [0.2, 0.25) is 0 Å². The van der Waals surface area contributed by atoms with Crippen LogP contribution in [0.4, 0.5) is 8.78 Å². The summed E-state index contributed by atoms with van der Waals surface area (Å²) in [6, 6.07) is 2.53. The Labute approximate surface area is 119 Å². The van der Waals surface area contributed by atoms with Gasteiger partial charge in [-0.1, -0.05) is 13.8 Å². The Bertz CT molecular complexity index is 399. The molecule has 0 saturated carbocycles. The van der Waals surface area contributed by atoms with Gasteiger partial charge in [-0.25, -0.2) is 8.78 Å². The van der Waals surface area contributed by atoms with Gasteiger partial charge in [-0.15, -0.1) is 0 Å². The maximum absolute atomic E-state index is 13.7. The molecule has 0 heterocycles. The summed E-state index contributed by atoms with van der Waals surface area (Å²) >= 11 is 4.61. The SMILES string of the molecule is CC(C)CSCC(O)Cc1c(F)ccc(Br)c1F. The van der Waals surface area contributed by atoms with E-state index in [0.717, 1.165) is 5.75 Å². The fourth-order valence-corrected chi connectivity index (χ4v) is 2.86. The van der Waals surface area contributed by atoms with Gasteiger partial charge in [-0.3, -0.25) is 0 Å². The van der Waals surface area contributed by atoms with Crippen LogP contribution in [-0.4, -0.2) is 22.7 Å². The molecule has 1 rings (SSSR count). The molecule has 0 aromatic heterocycles. The van der Waals surface area contributed by atoms with Gasteiger partial charge < -0.3 is 5.11 Å². The summed E-state index contributed by atoms with van der Waals surface area (Å²) in [5.74, 6) is 0.734. The molecule has 1 atom stereocenters. The predicted octanol–water partition coefficient (Wildman–Crippen LogP) is 4.02. The molecule has 0 spiro atoms. The highest BCUT2D eigenvalue weighted by molar-refractivity contribution is 9.10. The van der Waals surface area contributed by atoms with E-state index in [-0.39, 0.29) is 16.5 Å². The summed E-state index contributed by atoms with van der Waals surface area (Å²) in [4.78, 5) is 0. The zero-order valence-electron chi connectivity index (χ0n) is 10.4. The van der Waals surface area contributed by atoms with E-state index in [1.165, 1.54) is 12.1 Å². The Kier molecular flexibility index (Phi) is 6.60. The Morgan fingerprint density at radius 3 is 2.56 bits per heavy atom. The molecule has 1 unspecified atom stereocenters. The molecule has 1 aromatic carbocycles. The summed E-state index contributed by atoms with van der Waals surface area (Å²) in [5.41, 5.74) is -0.0537. The first-order valence-electron chi connectivity index (χ1n) is 5.80. The summed E-state index contributed by atoms with van der Waals surface area (Å²) < 4.78 is 27.4. The zero-order chi connectivity index (χ0) is 13.7. The summed E-state index contributed by atoms with van der Waals surface area (Å²) in [7, 11) is 0. The highest BCUT2D eigenvalue weighted by atomic mass is 79.9. The first-order chi connectivity index (χ1) is 8.41. The van der Waals surface area contributed by atoms with Crippen LogP contribution >= 0.6 is 27.7 Å². The van der Waals surface area contributed by atoms with Crippen molar-refractivity contribution in [1.82, 2.24) is 0 Å². The molecule has 0 fully saturated rings. The van der Waals surface area contributed by atoms with Crippen LogP contribution < -0.4 is 0 Å². The maximum atomic E-state index is 13.7. The number of thioether (sulfide) groups is 1. The van der Waals surface area contributed by atoms with Crippen molar-refractivity contribution < 1.29 is 13.9 Å². The standard InChI is InChI=1S/C13H17BrF2OS/c1-8(2)6-18-7-9(17)5-10-12(15)4-3-11(14)13(10)16/h3-4,8-9,17H,5-7H2,1-2H3. The quantitative estimate of drug-likeness (QED) is 0.790. The van der Waals surface area contributed by atoms with Gasteiger partial charge in [0.05, 0.1) is 10.6 Å². The topological polar surface area (TPSA) is 20.2 Å². The number of hydrogen-bond acceptors (Lipinski definition) is 2. The third-order valence-corrected chi connectivity index (χ3v) is 4.48. The average Bonchev–Trinajstić information content (AvgIpc) is 2.29. The van der Waals surface area contributed by atoms with Gasteiger partial charge in [0.1, 0.15) is 11.6 Å². The van der Waals surface area contributed by atoms with Crippen molar-refractivity contribution >= 4 is 27.7 Å². The second-order valence-corrected chi connectivity index (χ2v) is 6.54. The largest absolute Gasteiger partial charge is 0.392 e. The summed E-state index contributed by atoms with van der Waals surface area (Å²) in [6.45, 7) is 4.18. The molecule has 0 saturated heterocycles. The molecular weight excluding hydrogens is 322 g/mol. The van der Waals surface area contributed by atoms with Crippen LogP contribution in [0.15, 0.2) is 16.6 Å². The lowest BCUT2D eigenvalue weighted by Gasteiger charge is -2.13. The van der Waals surface area contributed by atoms with Crippen LogP contribution in [0.5, 0.6) is 0 Å². The number of aliphatic hydroxyl groups is 1. The van der Waals surface area contributed by atoms with Crippen molar-refractivity contribution in [2.45, 2.75) is 26.4 Å². The second-order valence-electron chi connectivity index (χ2n) is 4.61. The molecule has 0 aliphatic carbocycles. The number of halogens is 3. The van der Waals surface area contributed by atoms with E-state index in [1.807, 2.05) is 0 Å². The van der Waals surface area contributed by atoms with Gasteiger partial charge >= 0.3 is 0 Å². The predicted molar refractivity (Wildman–Crippen MR) is 75.9 cm³/mol. The van der Waals surface area contributed by atoms with Gasteiger partial charge in [0.25, 0.3) is 0 Å². The van der Waals surface area contributed by atoms with Crippen LogP contribution in [0.1, 0.15) is 19.4 Å². The number of benzene rings is 1. The van der Waals surface area contributed by atoms with Gasteiger partial charge in [-0.05, 0) is 39.7 Å². The van der Waals surface area contributed by atoms with Crippen molar-refractivity contribution in [3.8, 4) is 0 Å². The van der Waals surface area contributed by atoms with Gasteiger partial charge in [0, 0.05) is 17.7 Å². The molecule has 1 aromatic rings. The van der Waals surface area contributed by atoms with E-state index in [4.69, 9.17) is 0 Å². The monoisotopic (exact) mass is 338 g/mol. The highest BCUT2D eigenvalue weighted by Crippen LogP contribution is 2.23. The fraction of sp³-hybridized carbons (Fsp3) is 0.538. The molecule has 1 nitrogen and oxygen atoms in total. The van der Waals surface area contributed by atoms with E-state index in [1.54, 1.807) is 11.8 Å². The lowest BCUT2D eigenvalue weighted by atomic mass is 10.1. The lowest BCUT2D eigenvalue weighted by Crippen LogP contribution is -2.16. The Morgan fingerprint density at radius 2 is 1.94 bits per heavy atom. The molecule has 0 radical (unpaired) electrons. The van der Waals surface area contributed by atoms with Crippen LogP contribution in [-0.2, 0) is 6.42 Å². The van der Waals surface area contributed by atoms with Gasteiger partial charge in [-0.2, -0.15) is 11.8 Å². The zero-order valence-corrected chi connectivity index (χ0v) is 12.8. The van der Waals surface area contributed by atoms with Crippen molar-refractivity contribution in [3.05, 3.63) is 33.8 Å². The first-order valence-corrected chi connectivity index (χ1v) is 7.74. The minimum Gasteiger partial charge on any atom is -0.392 e. The first kappa shape index (κ1) is 15.9. The third-order valence-electron chi connectivity index (χ3n) is 2.34. The van der Waals surface area contributed by atoms with Crippen LogP contribution in [0, 0.1) is 17.6 Å². The number of aliphatic hydroxyl groups excluding tert-OH is 1. The molecule has 0 aliphatic rings. The van der Waals surface area contributed by atoms with E-state index >= 15 is 0 Å². The van der Waals surface area contributed by atoms with E-state index in [0.29, 0.717) is 11.7 Å². The van der Waals surface area contributed by atoms with Crippen LogP contribution in [0.25, 0.3) is 0 Å². The van der Waals surface area contributed by atoms with Crippen molar-refractivity contribution in [1.29, 1.82) is 0 Å². The Balaban J connectivity index is 2.59. The smallest absolute Gasteiger partial charge is 0.143 e. The molecule has 0 amide bonds. The highest BCUT2D eigenvalue weighted by Gasteiger charge is 2.16. The van der Waals surface area contributed by atoms with E-state index in [9.17, 15) is 13.9 Å². The van der Waals surface area contributed by atoms with E-state index in [2.05, 4.69) is 29.8 Å². The Morgan fingerprint density at radius 1 is 1.28 bits per heavy atom. The van der Waals surface area contributed by atoms with Crippen molar-refractivity contribution in [2.75, 3.05) is 11.5 Å². The Hall–Kier alpha value is -0.130. The van der Waals surface area contributed by atoms with Crippen molar-refractivity contribution in [3.63, 3.8) is 0 Å². The molecule has 5 heteroatoms. The fourth-order valence-electron chi connectivity index (χ4n) is 1.49. The molecule has 0 aliphatic heterocycles. The maximum Gasteiger partial charge on any atom is 0.143 e. The summed E-state index contributed by atoms with van der Waals surface area (Å²) in [6.07, 6.45) is -0.727. The van der Waals surface area contributed by atoms with Crippen LogP contribution in [0.2, 0.25) is 0 Å². The molecular formula is C13H17BrF2OS. The normalized spacial score (nSPS) is 13.1. The lowest BCUT2D eigenvalue weighted by molar-refractivity contribution is 0.197. The second kappa shape index (κ2) is 7.46. The molecule has 18 heavy (non-hydrogen) atoms. The molecule has 0 bridgehead atoms. The molecule has 1 N–H and O–H groups in total. The minimum atomic E-state index is -0.730. The van der Waals surface area contributed by atoms with Crippen molar-refractivity contribution in [2.24, 2.45) is 5.92 Å².